The largest absolute Gasteiger partial charge is 0.316 e. The molecule has 2 atom stereocenters. The Morgan fingerprint density at radius 2 is 2.41 bits per heavy atom. The van der Waals surface area contributed by atoms with Crippen molar-refractivity contribution in [3.8, 4) is 0 Å². The second-order valence-corrected chi connectivity index (χ2v) is 5.59. The third kappa shape index (κ3) is 4.33. The van der Waals surface area contributed by atoms with Gasteiger partial charge in [0, 0.05) is 17.6 Å². The topological polar surface area (TPSA) is 54.9 Å². The zero-order valence-corrected chi connectivity index (χ0v) is 11.5. The molecular weight excluding hydrogens is 258 g/mol. The first-order chi connectivity index (χ1) is 7.75. The van der Waals surface area contributed by atoms with E-state index in [0.29, 0.717) is 16.8 Å². The molecule has 2 heterocycles. The van der Waals surface area contributed by atoms with E-state index in [2.05, 4.69) is 15.3 Å². The predicted molar refractivity (Wildman–Crippen MR) is 70.9 cm³/mol. The molecule has 0 spiro atoms. The number of aryl methyl sites for hydroxylation is 1. The van der Waals surface area contributed by atoms with E-state index < -0.39 is 10.8 Å². The predicted octanol–water partition coefficient (Wildman–Crippen LogP) is 1.31. The van der Waals surface area contributed by atoms with Crippen LogP contribution in [-0.2, 0) is 10.8 Å². The first-order valence-corrected chi connectivity index (χ1v) is 6.96. The van der Waals surface area contributed by atoms with E-state index in [4.69, 9.17) is 0 Å². The molecule has 1 fully saturated rings. The second kappa shape index (κ2) is 7.03. The van der Waals surface area contributed by atoms with E-state index in [9.17, 15) is 4.21 Å². The number of nitrogens with zero attached hydrogens (tertiary/aromatic N) is 2. The van der Waals surface area contributed by atoms with Crippen molar-refractivity contribution < 1.29 is 4.21 Å². The van der Waals surface area contributed by atoms with Crippen LogP contribution >= 0.6 is 12.4 Å². The molecule has 6 heteroatoms. The lowest BCUT2D eigenvalue weighted by atomic mass is 10.0. The average molecular weight is 276 g/mol. The van der Waals surface area contributed by atoms with Gasteiger partial charge in [0.1, 0.15) is 0 Å². The molecule has 0 saturated carbocycles. The molecule has 0 aromatic carbocycles. The minimum absolute atomic E-state index is 0. The maximum absolute atomic E-state index is 12.0. The Morgan fingerprint density at radius 1 is 1.59 bits per heavy atom. The number of nitrogens with one attached hydrogen (secondary N) is 1. The van der Waals surface area contributed by atoms with Gasteiger partial charge in [-0.2, -0.15) is 0 Å². The Balaban J connectivity index is 0.00000144. The lowest BCUT2D eigenvalue weighted by molar-refractivity contribution is 0.407. The van der Waals surface area contributed by atoms with Crippen LogP contribution in [0.1, 0.15) is 18.5 Å². The van der Waals surface area contributed by atoms with Gasteiger partial charge in [-0.25, -0.2) is 9.97 Å². The number of piperidine rings is 1. The fraction of sp³-hybridized carbons (Fsp3) is 0.636. The molecule has 0 aliphatic carbocycles. The third-order valence-corrected chi connectivity index (χ3v) is 4.14. The first kappa shape index (κ1) is 14.5. The summed E-state index contributed by atoms with van der Waals surface area (Å²) < 4.78 is 12.0. The highest BCUT2D eigenvalue weighted by Crippen LogP contribution is 2.13. The van der Waals surface area contributed by atoms with Crippen LogP contribution < -0.4 is 5.32 Å². The molecule has 1 aliphatic heterocycles. The molecule has 17 heavy (non-hydrogen) atoms. The van der Waals surface area contributed by atoms with Gasteiger partial charge in [-0.05, 0) is 44.8 Å². The van der Waals surface area contributed by atoms with Crippen LogP contribution in [0.5, 0.6) is 0 Å². The van der Waals surface area contributed by atoms with Gasteiger partial charge in [-0.1, -0.05) is 0 Å². The van der Waals surface area contributed by atoms with Crippen molar-refractivity contribution in [2.24, 2.45) is 5.92 Å². The Kier molecular flexibility index (Phi) is 6.02. The standard InChI is InChI=1S/C11H17N3OS.ClH/c1-9-4-6-13-11(14-9)16(15)8-10-3-2-5-12-7-10;/h4,6,10,12H,2-3,5,7-8H2,1H3;1H. The van der Waals surface area contributed by atoms with Gasteiger partial charge < -0.3 is 5.32 Å². The van der Waals surface area contributed by atoms with Crippen LogP contribution in [0.15, 0.2) is 17.4 Å². The van der Waals surface area contributed by atoms with Gasteiger partial charge >= 0.3 is 0 Å². The summed E-state index contributed by atoms with van der Waals surface area (Å²) in [5.74, 6) is 1.18. The quantitative estimate of drug-likeness (QED) is 0.846. The van der Waals surface area contributed by atoms with Gasteiger partial charge in [0.25, 0.3) is 0 Å². The Hall–Kier alpha value is -0.520. The Labute approximate surface area is 110 Å². The van der Waals surface area contributed by atoms with Gasteiger partial charge in [-0.15, -0.1) is 12.4 Å². The Morgan fingerprint density at radius 3 is 3.06 bits per heavy atom. The van der Waals surface area contributed by atoms with Crippen LogP contribution in [0.4, 0.5) is 0 Å². The molecule has 0 bridgehead atoms. The minimum atomic E-state index is -1.05. The van der Waals surface area contributed by atoms with Gasteiger partial charge in [-0.3, -0.25) is 4.21 Å². The molecule has 1 aliphatic rings. The van der Waals surface area contributed by atoms with Crippen LogP contribution in [0.2, 0.25) is 0 Å². The zero-order chi connectivity index (χ0) is 11.4. The van der Waals surface area contributed by atoms with Crippen molar-refractivity contribution in [2.45, 2.75) is 24.9 Å². The number of halogens is 1. The SMILES string of the molecule is Cc1ccnc(S(=O)CC2CCCNC2)n1.Cl. The molecule has 2 rings (SSSR count). The van der Waals surface area contributed by atoms with E-state index in [0.717, 1.165) is 25.2 Å². The van der Waals surface area contributed by atoms with Crippen molar-refractivity contribution >= 4 is 23.2 Å². The molecule has 0 amide bonds. The van der Waals surface area contributed by atoms with Crippen molar-refractivity contribution in [1.29, 1.82) is 0 Å². The molecule has 2 unspecified atom stereocenters. The van der Waals surface area contributed by atoms with E-state index >= 15 is 0 Å². The van der Waals surface area contributed by atoms with Gasteiger partial charge in [0.15, 0.2) is 0 Å². The monoisotopic (exact) mass is 275 g/mol. The van der Waals surface area contributed by atoms with Crippen molar-refractivity contribution in [2.75, 3.05) is 18.8 Å². The summed E-state index contributed by atoms with van der Waals surface area (Å²) in [6.07, 6.45) is 4.01. The minimum Gasteiger partial charge on any atom is -0.316 e. The maximum atomic E-state index is 12.0. The number of rotatable bonds is 3. The van der Waals surface area contributed by atoms with Crippen LogP contribution in [0, 0.1) is 12.8 Å². The molecule has 0 radical (unpaired) electrons. The molecular formula is C11H18ClN3OS. The Bertz CT molecular complexity index is 383. The summed E-state index contributed by atoms with van der Waals surface area (Å²) in [4.78, 5) is 8.28. The molecule has 96 valence electrons. The molecule has 1 saturated heterocycles. The molecule has 1 N–H and O–H groups in total. The van der Waals surface area contributed by atoms with Crippen molar-refractivity contribution in [3.63, 3.8) is 0 Å². The number of hydrogen-bond donors (Lipinski definition) is 1. The summed E-state index contributed by atoms with van der Waals surface area (Å²) in [6, 6.07) is 1.82. The molecule has 1 aromatic heterocycles. The van der Waals surface area contributed by atoms with Gasteiger partial charge in [0.05, 0.1) is 10.8 Å². The van der Waals surface area contributed by atoms with Crippen LogP contribution in [0.25, 0.3) is 0 Å². The smallest absolute Gasteiger partial charge is 0.218 e. The lowest BCUT2D eigenvalue weighted by Gasteiger charge is -2.21. The van der Waals surface area contributed by atoms with Crippen molar-refractivity contribution in [1.82, 2.24) is 15.3 Å². The first-order valence-electron chi connectivity index (χ1n) is 5.64. The van der Waals surface area contributed by atoms with E-state index in [1.54, 1.807) is 6.20 Å². The number of aromatic nitrogens is 2. The molecule has 4 nitrogen and oxygen atoms in total. The fourth-order valence-corrected chi connectivity index (χ4v) is 3.18. The second-order valence-electron chi connectivity index (χ2n) is 4.21. The fourth-order valence-electron chi connectivity index (χ4n) is 1.89. The summed E-state index contributed by atoms with van der Waals surface area (Å²) in [5, 5.41) is 3.81. The third-order valence-electron chi connectivity index (χ3n) is 2.76. The van der Waals surface area contributed by atoms with E-state index in [1.807, 2.05) is 13.0 Å². The average Bonchev–Trinajstić information content (AvgIpc) is 2.30. The zero-order valence-electron chi connectivity index (χ0n) is 9.89. The lowest BCUT2D eigenvalue weighted by Crippen LogP contribution is -2.32. The summed E-state index contributed by atoms with van der Waals surface area (Å²) in [7, 11) is -1.05. The highest BCUT2D eigenvalue weighted by Gasteiger charge is 2.18. The van der Waals surface area contributed by atoms with E-state index in [-0.39, 0.29) is 12.4 Å². The highest BCUT2D eigenvalue weighted by molar-refractivity contribution is 7.84. The van der Waals surface area contributed by atoms with Crippen LogP contribution in [-0.4, -0.2) is 33.0 Å². The normalized spacial score (nSPS) is 21.6. The summed E-state index contributed by atoms with van der Waals surface area (Å²) in [5.41, 5.74) is 0.875. The van der Waals surface area contributed by atoms with Gasteiger partial charge in [0.2, 0.25) is 5.16 Å². The molecule has 1 aromatic rings. The van der Waals surface area contributed by atoms with Crippen LogP contribution in [0.3, 0.4) is 0 Å². The van der Waals surface area contributed by atoms with E-state index in [1.165, 1.54) is 6.42 Å². The summed E-state index contributed by atoms with van der Waals surface area (Å²) in [6.45, 7) is 3.95. The van der Waals surface area contributed by atoms with Crippen molar-refractivity contribution in [3.05, 3.63) is 18.0 Å². The highest BCUT2D eigenvalue weighted by atomic mass is 35.5. The summed E-state index contributed by atoms with van der Waals surface area (Å²) >= 11 is 0. The number of hydrogen-bond acceptors (Lipinski definition) is 4. The maximum Gasteiger partial charge on any atom is 0.218 e.